The van der Waals surface area contributed by atoms with Crippen LogP contribution in [-0.2, 0) is 14.8 Å². The number of halogens is 4. The molecular weight excluding hydrogens is 469 g/mol. The molecule has 1 fully saturated rings. The molecule has 0 radical (unpaired) electrons. The molecule has 0 saturated carbocycles. The zero-order valence-electron chi connectivity index (χ0n) is 11.0. The van der Waals surface area contributed by atoms with Crippen molar-refractivity contribution < 1.29 is 13.2 Å². The normalized spacial score (nSPS) is 24.2. The quantitative estimate of drug-likeness (QED) is 0.614. The second-order valence-electron chi connectivity index (χ2n) is 4.74. The van der Waals surface area contributed by atoms with Crippen LogP contribution in [0.2, 0.25) is 10.0 Å². The van der Waals surface area contributed by atoms with E-state index >= 15 is 0 Å². The number of sulfonamides is 1. The minimum atomic E-state index is -3.77. The lowest BCUT2D eigenvalue weighted by molar-refractivity contribution is -0.0411. The van der Waals surface area contributed by atoms with Crippen molar-refractivity contribution in [1.82, 2.24) is 4.31 Å². The number of rotatable bonds is 3. The molecule has 1 aromatic rings. The Bertz CT molecular complexity index is 618. The topological polar surface area (TPSA) is 46.6 Å². The van der Waals surface area contributed by atoms with E-state index < -0.39 is 10.0 Å². The molecule has 0 N–H and O–H groups in total. The summed E-state index contributed by atoms with van der Waals surface area (Å²) in [6, 6.07) is 3.04. The van der Waals surface area contributed by atoms with Gasteiger partial charge in [-0.2, -0.15) is 4.31 Å². The van der Waals surface area contributed by atoms with Gasteiger partial charge in [0.1, 0.15) is 4.90 Å². The third-order valence-electron chi connectivity index (χ3n) is 3.03. The maximum absolute atomic E-state index is 12.8. The minimum absolute atomic E-state index is 0.0588. The van der Waals surface area contributed by atoms with Crippen molar-refractivity contribution in [2.24, 2.45) is 0 Å². The maximum Gasteiger partial charge on any atom is 0.246 e. The first-order chi connectivity index (χ1) is 9.75. The molecular formula is C12H13Br2Cl2NO3S. The summed E-state index contributed by atoms with van der Waals surface area (Å²) in [5.41, 5.74) is 0. The highest BCUT2D eigenvalue weighted by molar-refractivity contribution is 9.10. The summed E-state index contributed by atoms with van der Waals surface area (Å²) in [5.74, 6) is 0. The van der Waals surface area contributed by atoms with Crippen molar-refractivity contribution in [3.63, 3.8) is 0 Å². The van der Waals surface area contributed by atoms with Crippen molar-refractivity contribution in [2.75, 3.05) is 18.4 Å². The lowest BCUT2D eigenvalue weighted by atomic mass is 10.3. The largest absolute Gasteiger partial charge is 0.372 e. The van der Waals surface area contributed by atoms with E-state index in [0.717, 1.165) is 0 Å². The predicted molar refractivity (Wildman–Crippen MR) is 91.0 cm³/mol. The van der Waals surface area contributed by atoms with E-state index in [1.165, 1.54) is 16.4 Å². The number of alkyl halides is 1. The van der Waals surface area contributed by atoms with Crippen LogP contribution in [0.1, 0.15) is 6.92 Å². The fourth-order valence-electron chi connectivity index (χ4n) is 2.19. The molecule has 0 aliphatic carbocycles. The number of hydrogen-bond donors (Lipinski definition) is 0. The zero-order chi connectivity index (χ0) is 15.8. The molecule has 0 aromatic heterocycles. The summed E-state index contributed by atoms with van der Waals surface area (Å²) in [4.78, 5) is -0.0588. The van der Waals surface area contributed by atoms with Crippen molar-refractivity contribution >= 4 is 65.1 Å². The molecule has 0 bridgehead atoms. The fraction of sp³-hybridized carbons (Fsp3) is 0.500. The second kappa shape index (κ2) is 7.03. The van der Waals surface area contributed by atoms with Gasteiger partial charge < -0.3 is 4.74 Å². The summed E-state index contributed by atoms with van der Waals surface area (Å²) < 4.78 is 33.3. The van der Waals surface area contributed by atoms with Crippen LogP contribution < -0.4 is 0 Å². The molecule has 9 heteroatoms. The monoisotopic (exact) mass is 479 g/mol. The molecule has 2 rings (SSSR count). The third kappa shape index (κ3) is 3.94. The highest BCUT2D eigenvalue weighted by Gasteiger charge is 2.35. The van der Waals surface area contributed by atoms with E-state index in [9.17, 15) is 8.42 Å². The van der Waals surface area contributed by atoms with Crippen molar-refractivity contribution in [3.05, 3.63) is 26.7 Å². The van der Waals surface area contributed by atoms with E-state index in [0.29, 0.717) is 9.80 Å². The molecule has 2 atom stereocenters. The van der Waals surface area contributed by atoms with Crippen LogP contribution in [0, 0.1) is 0 Å². The van der Waals surface area contributed by atoms with Crippen LogP contribution in [0.4, 0.5) is 0 Å². The van der Waals surface area contributed by atoms with Gasteiger partial charge in [0.05, 0.1) is 22.3 Å². The number of ether oxygens (including phenoxy) is 1. The molecule has 118 valence electrons. The molecule has 0 amide bonds. The van der Waals surface area contributed by atoms with Gasteiger partial charge in [-0.05, 0) is 19.1 Å². The summed E-state index contributed by atoms with van der Waals surface area (Å²) in [5, 5.41) is 0.762. The van der Waals surface area contributed by atoms with Crippen molar-refractivity contribution in [3.8, 4) is 0 Å². The van der Waals surface area contributed by atoms with E-state index in [-0.39, 0.29) is 40.2 Å². The van der Waals surface area contributed by atoms with Crippen molar-refractivity contribution in [2.45, 2.75) is 24.0 Å². The molecule has 1 aliphatic heterocycles. The van der Waals surface area contributed by atoms with E-state index in [1.54, 1.807) is 0 Å². The van der Waals surface area contributed by atoms with Crippen molar-refractivity contribution in [1.29, 1.82) is 0 Å². The standard InChI is InChI=1S/C12H13Br2Cl2NO3S/c1-7-5-17(6-9(4-13)20-7)21(18,19)12-10(15)2-8(14)3-11(12)16/h2-3,7,9H,4-6H2,1H3. The van der Waals surface area contributed by atoms with Gasteiger partial charge in [-0.3, -0.25) is 0 Å². The van der Waals surface area contributed by atoms with Crippen LogP contribution >= 0.6 is 55.1 Å². The van der Waals surface area contributed by atoms with Gasteiger partial charge in [0.2, 0.25) is 10.0 Å². The Hall–Kier alpha value is 0.630. The first kappa shape index (κ1) is 18.0. The van der Waals surface area contributed by atoms with Crippen LogP contribution in [0.25, 0.3) is 0 Å². The van der Waals surface area contributed by atoms with E-state index in [1.807, 2.05) is 6.92 Å². The average Bonchev–Trinajstić information content (AvgIpc) is 2.36. The summed E-state index contributed by atoms with van der Waals surface area (Å²) in [6.07, 6.45) is -0.388. The predicted octanol–water partition coefficient (Wildman–Crippen LogP) is 3.93. The number of nitrogens with zero attached hydrogens (tertiary/aromatic N) is 1. The Labute approximate surface area is 151 Å². The lowest BCUT2D eigenvalue weighted by Crippen LogP contribution is -2.49. The highest BCUT2D eigenvalue weighted by Crippen LogP contribution is 2.35. The minimum Gasteiger partial charge on any atom is -0.372 e. The van der Waals surface area contributed by atoms with Crippen LogP contribution in [0.15, 0.2) is 21.5 Å². The van der Waals surface area contributed by atoms with Gasteiger partial charge >= 0.3 is 0 Å². The second-order valence-corrected chi connectivity index (χ2v) is 9.00. The fourth-order valence-corrected chi connectivity index (χ4v) is 5.98. The SMILES string of the molecule is CC1CN(S(=O)(=O)c2c(Cl)cc(Br)cc2Cl)CC(CBr)O1. The Balaban J connectivity index is 2.43. The van der Waals surface area contributed by atoms with Gasteiger partial charge in [0.15, 0.2) is 0 Å². The number of hydrogen-bond acceptors (Lipinski definition) is 3. The Morgan fingerprint density at radius 3 is 2.43 bits per heavy atom. The van der Waals surface area contributed by atoms with Gasteiger partial charge in [-0.1, -0.05) is 55.1 Å². The molecule has 4 nitrogen and oxygen atoms in total. The summed E-state index contributed by atoms with van der Waals surface area (Å²) >= 11 is 18.7. The molecule has 1 aliphatic rings. The lowest BCUT2D eigenvalue weighted by Gasteiger charge is -2.35. The summed E-state index contributed by atoms with van der Waals surface area (Å²) in [7, 11) is -3.77. The molecule has 21 heavy (non-hydrogen) atoms. The Morgan fingerprint density at radius 2 is 1.90 bits per heavy atom. The molecule has 1 aromatic carbocycles. The van der Waals surface area contributed by atoms with Gasteiger partial charge in [0.25, 0.3) is 0 Å². The zero-order valence-corrected chi connectivity index (χ0v) is 16.5. The molecule has 1 saturated heterocycles. The number of benzene rings is 1. The Morgan fingerprint density at radius 1 is 1.33 bits per heavy atom. The number of morpholine rings is 1. The van der Waals surface area contributed by atoms with Gasteiger partial charge in [0, 0.05) is 22.9 Å². The molecule has 2 unspecified atom stereocenters. The average molecular weight is 482 g/mol. The van der Waals surface area contributed by atoms with E-state index in [2.05, 4.69) is 31.9 Å². The first-order valence-electron chi connectivity index (χ1n) is 6.11. The smallest absolute Gasteiger partial charge is 0.246 e. The van der Waals surface area contributed by atoms with Crippen LogP contribution in [0.5, 0.6) is 0 Å². The third-order valence-corrected chi connectivity index (χ3v) is 6.96. The van der Waals surface area contributed by atoms with Gasteiger partial charge in [-0.25, -0.2) is 8.42 Å². The van der Waals surface area contributed by atoms with Crippen LogP contribution in [0.3, 0.4) is 0 Å². The van der Waals surface area contributed by atoms with E-state index in [4.69, 9.17) is 27.9 Å². The molecule has 1 heterocycles. The van der Waals surface area contributed by atoms with Crippen LogP contribution in [-0.4, -0.2) is 43.4 Å². The summed E-state index contributed by atoms with van der Waals surface area (Å²) in [6.45, 7) is 2.37. The molecule has 0 spiro atoms. The Kier molecular flexibility index (Phi) is 6.02. The first-order valence-corrected chi connectivity index (χ1v) is 10.2. The highest BCUT2D eigenvalue weighted by atomic mass is 79.9. The maximum atomic E-state index is 12.8. The van der Waals surface area contributed by atoms with Gasteiger partial charge in [-0.15, -0.1) is 0 Å².